The Labute approximate surface area is 159 Å². The van der Waals surface area contributed by atoms with Gasteiger partial charge in [0.05, 0.1) is 23.8 Å². The lowest BCUT2D eigenvalue weighted by molar-refractivity contribution is 0.0967. The van der Waals surface area contributed by atoms with Gasteiger partial charge in [-0.05, 0) is 43.2 Å². The van der Waals surface area contributed by atoms with Crippen molar-refractivity contribution in [1.82, 2.24) is 0 Å². The van der Waals surface area contributed by atoms with Gasteiger partial charge in [-0.1, -0.05) is 18.2 Å². The smallest absolute Gasteiger partial charge is 0.261 e. The van der Waals surface area contributed by atoms with Crippen LogP contribution < -0.4 is 9.62 Å². The van der Waals surface area contributed by atoms with Gasteiger partial charge in [-0.15, -0.1) is 0 Å². The number of benzene rings is 2. The molecule has 0 unspecified atom stereocenters. The summed E-state index contributed by atoms with van der Waals surface area (Å²) in [6.07, 6.45) is 1.86. The van der Waals surface area contributed by atoms with E-state index in [1.165, 1.54) is 12.1 Å². The number of rotatable bonds is 6. The van der Waals surface area contributed by atoms with Crippen molar-refractivity contribution in [3.63, 3.8) is 0 Å². The molecule has 0 bridgehead atoms. The molecule has 2 aliphatic rings. The van der Waals surface area contributed by atoms with Crippen LogP contribution in [0, 0.1) is 5.92 Å². The van der Waals surface area contributed by atoms with Crippen LogP contribution in [0.15, 0.2) is 53.4 Å². The maximum atomic E-state index is 12.7. The van der Waals surface area contributed by atoms with E-state index in [0.29, 0.717) is 24.5 Å². The molecule has 2 fully saturated rings. The number of hydrogen-bond acceptors (Lipinski definition) is 5. The molecule has 2 aromatic rings. The van der Waals surface area contributed by atoms with E-state index in [9.17, 15) is 13.2 Å². The molecule has 1 saturated carbocycles. The van der Waals surface area contributed by atoms with Crippen LogP contribution in [0.4, 0.5) is 11.4 Å². The summed E-state index contributed by atoms with van der Waals surface area (Å²) in [5.74, 6) is 0.221. The average molecular weight is 386 g/mol. The van der Waals surface area contributed by atoms with Crippen molar-refractivity contribution in [2.45, 2.75) is 17.7 Å². The van der Waals surface area contributed by atoms with Gasteiger partial charge in [-0.3, -0.25) is 9.52 Å². The van der Waals surface area contributed by atoms with Crippen LogP contribution in [0.25, 0.3) is 0 Å². The van der Waals surface area contributed by atoms with Crippen molar-refractivity contribution < 1.29 is 17.9 Å². The lowest BCUT2D eigenvalue weighted by Crippen LogP contribution is -2.36. The highest BCUT2D eigenvalue weighted by Crippen LogP contribution is 2.32. The topological polar surface area (TPSA) is 75.7 Å². The van der Waals surface area contributed by atoms with E-state index in [1.54, 1.807) is 18.2 Å². The van der Waals surface area contributed by atoms with E-state index in [0.717, 1.165) is 31.6 Å². The molecule has 0 spiro atoms. The molecular weight excluding hydrogens is 364 g/mol. The Kier molecular flexibility index (Phi) is 4.88. The number of hydrogen-bond donors (Lipinski definition) is 1. The molecule has 4 rings (SSSR count). The first-order valence-electron chi connectivity index (χ1n) is 9.13. The molecule has 1 aliphatic heterocycles. The van der Waals surface area contributed by atoms with Gasteiger partial charge in [0.1, 0.15) is 0 Å². The molecule has 2 aromatic carbocycles. The summed E-state index contributed by atoms with van der Waals surface area (Å²) < 4.78 is 33.4. The number of nitrogens with one attached hydrogen (secondary N) is 1. The number of Topliss-reactive ketones (excluding diaryl/α,β-unsaturated/α-hetero) is 1. The maximum Gasteiger partial charge on any atom is 0.261 e. The molecule has 1 aliphatic carbocycles. The van der Waals surface area contributed by atoms with Crippen LogP contribution in [-0.2, 0) is 14.8 Å². The zero-order valence-corrected chi connectivity index (χ0v) is 15.7. The molecule has 0 amide bonds. The van der Waals surface area contributed by atoms with E-state index in [1.807, 2.05) is 18.2 Å². The second kappa shape index (κ2) is 7.32. The molecule has 142 valence electrons. The van der Waals surface area contributed by atoms with E-state index in [-0.39, 0.29) is 16.6 Å². The zero-order chi connectivity index (χ0) is 18.9. The minimum atomic E-state index is -3.71. The van der Waals surface area contributed by atoms with Gasteiger partial charge in [0.15, 0.2) is 5.78 Å². The summed E-state index contributed by atoms with van der Waals surface area (Å²) in [7, 11) is -3.71. The van der Waals surface area contributed by atoms with Crippen molar-refractivity contribution in [2.24, 2.45) is 5.92 Å². The predicted molar refractivity (Wildman–Crippen MR) is 104 cm³/mol. The summed E-state index contributed by atoms with van der Waals surface area (Å²) in [5, 5.41) is 0. The van der Waals surface area contributed by atoms with Crippen LogP contribution in [0.3, 0.4) is 0 Å². The summed E-state index contributed by atoms with van der Waals surface area (Å²) in [6.45, 7) is 2.91. The van der Waals surface area contributed by atoms with Crippen molar-refractivity contribution in [3.05, 3.63) is 54.1 Å². The Hall–Kier alpha value is -2.38. The van der Waals surface area contributed by atoms with Gasteiger partial charge >= 0.3 is 0 Å². The Morgan fingerprint density at radius 3 is 2.41 bits per heavy atom. The van der Waals surface area contributed by atoms with E-state index >= 15 is 0 Å². The number of carbonyl (C=O) groups excluding carboxylic acids is 1. The Bertz CT molecular complexity index is 931. The summed E-state index contributed by atoms with van der Waals surface area (Å²) in [5.41, 5.74) is 2.05. The number of ketones is 1. The first-order valence-corrected chi connectivity index (χ1v) is 10.6. The summed E-state index contributed by atoms with van der Waals surface area (Å²) in [4.78, 5) is 14.4. The van der Waals surface area contributed by atoms with Crippen LogP contribution in [0.2, 0.25) is 0 Å². The molecule has 0 aromatic heterocycles. The average Bonchev–Trinajstić information content (AvgIpc) is 3.53. The Morgan fingerprint density at radius 2 is 1.74 bits per heavy atom. The second-order valence-electron chi connectivity index (χ2n) is 6.92. The monoisotopic (exact) mass is 386 g/mol. The fraction of sp³-hybridized carbons (Fsp3) is 0.350. The SMILES string of the molecule is O=C(c1ccc(S(=O)(=O)Nc2cccc(N3CCOCC3)c2)cc1)C1CC1. The highest BCUT2D eigenvalue weighted by atomic mass is 32.2. The Balaban J connectivity index is 1.50. The normalized spacial score (nSPS) is 17.6. The number of ether oxygens (including phenoxy) is 1. The number of nitrogens with zero attached hydrogens (tertiary/aromatic N) is 1. The van der Waals surface area contributed by atoms with Crippen LogP contribution in [-0.4, -0.2) is 40.5 Å². The van der Waals surface area contributed by atoms with Crippen LogP contribution in [0.1, 0.15) is 23.2 Å². The van der Waals surface area contributed by atoms with Crippen molar-refractivity contribution in [1.29, 1.82) is 0 Å². The molecule has 0 radical (unpaired) electrons. The van der Waals surface area contributed by atoms with Crippen molar-refractivity contribution in [3.8, 4) is 0 Å². The molecule has 1 saturated heterocycles. The van der Waals surface area contributed by atoms with Gasteiger partial charge in [0, 0.05) is 30.3 Å². The highest BCUT2D eigenvalue weighted by Gasteiger charge is 2.30. The lowest BCUT2D eigenvalue weighted by atomic mass is 10.1. The summed E-state index contributed by atoms with van der Waals surface area (Å²) >= 11 is 0. The molecule has 27 heavy (non-hydrogen) atoms. The fourth-order valence-electron chi connectivity index (χ4n) is 3.18. The third kappa shape index (κ3) is 4.14. The molecule has 1 heterocycles. The van der Waals surface area contributed by atoms with Gasteiger partial charge < -0.3 is 9.64 Å². The van der Waals surface area contributed by atoms with Crippen molar-refractivity contribution in [2.75, 3.05) is 35.9 Å². The maximum absolute atomic E-state index is 12.7. The van der Waals surface area contributed by atoms with Gasteiger partial charge in [-0.2, -0.15) is 0 Å². The first-order chi connectivity index (χ1) is 13.0. The number of anilines is 2. The van der Waals surface area contributed by atoms with Crippen LogP contribution >= 0.6 is 0 Å². The van der Waals surface area contributed by atoms with Gasteiger partial charge in [-0.25, -0.2) is 8.42 Å². The fourth-order valence-corrected chi connectivity index (χ4v) is 4.23. The molecular formula is C20H22N2O4S. The lowest BCUT2D eigenvalue weighted by Gasteiger charge is -2.29. The first kappa shape index (κ1) is 18.0. The van der Waals surface area contributed by atoms with Crippen LogP contribution in [0.5, 0.6) is 0 Å². The number of sulfonamides is 1. The third-order valence-corrected chi connectivity index (χ3v) is 6.27. The van der Waals surface area contributed by atoms with Gasteiger partial charge in [0.25, 0.3) is 10.0 Å². The molecule has 6 nitrogen and oxygen atoms in total. The molecule has 1 N–H and O–H groups in total. The standard InChI is InChI=1S/C20H22N2O4S/c23-20(15-4-5-15)16-6-8-19(9-7-16)27(24,25)21-17-2-1-3-18(14-17)22-10-12-26-13-11-22/h1-3,6-9,14-15,21H,4-5,10-13H2. The minimum absolute atomic E-state index is 0.102. The predicted octanol–water partition coefficient (Wildman–Crippen LogP) is 2.92. The second-order valence-corrected chi connectivity index (χ2v) is 8.60. The third-order valence-electron chi connectivity index (χ3n) is 4.87. The summed E-state index contributed by atoms with van der Waals surface area (Å²) in [6, 6.07) is 13.5. The Morgan fingerprint density at radius 1 is 1.04 bits per heavy atom. The largest absolute Gasteiger partial charge is 0.378 e. The number of carbonyl (C=O) groups is 1. The minimum Gasteiger partial charge on any atom is -0.378 e. The van der Waals surface area contributed by atoms with Gasteiger partial charge in [0.2, 0.25) is 0 Å². The molecule has 7 heteroatoms. The number of morpholine rings is 1. The molecule has 0 atom stereocenters. The quantitative estimate of drug-likeness (QED) is 0.773. The van der Waals surface area contributed by atoms with Crippen molar-refractivity contribution >= 4 is 27.2 Å². The van der Waals surface area contributed by atoms with E-state index in [4.69, 9.17) is 4.74 Å². The van der Waals surface area contributed by atoms with E-state index < -0.39 is 10.0 Å². The zero-order valence-electron chi connectivity index (χ0n) is 14.9. The van der Waals surface area contributed by atoms with E-state index in [2.05, 4.69) is 9.62 Å². The highest BCUT2D eigenvalue weighted by molar-refractivity contribution is 7.92.